The average Bonchev–Trinajstić information content (AvgIpc) is 3.34. The summed E-state index contributed by atoms with van der Waals surface area (Å²) < 4.78 is 11.0. The Balaban J connectivity index is 0.000000261. The molecule has 0 aliphatic heterocycles. The first-order chi connectivity index (χ1) is 16.8. The first kappa shape index (κ1) is 25.3. The summed E-state index contributed by atoms with van der Waals surface area (Å²) in [4.78, 5) is 8.33. The molecule has 0 saturated heterocycles. The molecule has 178 valence electrons. The molecule has 4 rings (SSSR count). The van der Waals surface area contributed by atoms with Crippen LogP contribution in [-0.4, -0.2) is 38.7 Å². The highest BCUT2D eigenvalue weighted by Gasteiger charge is 2.14. The van der Waals surface area contributed by atoms with Gasteiger partial charge in [0.25, 0.3) is 5.89 Å². The molecule has 2 aromatic carbocycles. The fraction of sp³-hybridized carbons (Fsp3) is 0.222. The minimum atomic E-state index is -0.217. The lowest BCUT2D eigenvalue weighted by Gasteiger charge is -2.11. The Labute approximate surface area is 204 Å². The van der Waals surface area contributed by atoms with Crippen molar-refractivity contribution in [3.05, 3.63) is 83.2 Å². The molecule has 2 heterocycles. The summed E-state index contributed by atoms with van der Waals surface area (Å²) in [6.07, 6.45) is 3.30. The minimum Gasteiger partial charge on any atom is -0.490 e. The van der Waals surface area contributed by atoms with Gasteiger partial charge in [0.1, 0.15) is 11.8 Å². The van der Waals surface area contributed by atoms with Crippen molar-refractivity contribution in [2.45, 2.75) is 33.8 Å². The van der Waals surface area contributed by atoms with E-state index >= 15 is 0 Å². The van der Waals surface area contributed by atoms with E-state index in [1.165, 1.54) is 0 Å². The van der Waals surface area contributed by atoms with Gasteiger partial charge in [-0.05, 0) is 63.1 Å². The number of aryl methyl sites for hydroxylation is 2. The minimum absolute atomic E-state index is 0.000914. The molecule has 0 radical (unpaired) electrons. The Hall–Kier alpha value is -4.35. The quantitative estimate of drug-likeness (QED) is 0.375. The number of rotatable bonds is 6. The van der Waals surface area contributed by atoms with Gasteiger partial charge in [-0.3, -0.25) is 4.98 Å². The summed E-state index contributed by atoms with van der Waals surface area (Å²) in [6.45, 7) is 7.48. The first-order valence-electron chi connectivity index (χ1n) is 11.0. The molecule has 35 heavy (non-hydrogen) atoms. The SMILES string of the molecule is Cc1ccccc1-c1noc(-c2ccc(OC(C)C)c(C#N)c2)n1.Cc1cnccc1C(=N)CO. The van der Waals surface area contributed by atoms with Crippen LogP contribution < -0.4 is 4.74 Å². The van der Waals surface area contributed by atoms with E-state index in [0.717, 1.165) is 22.3 Å². The number of nitriles is 1. The van der Waals surface area contributed by atoms with Crippen molar-refractivity contribution in [2.75, 3.05) is 6.61 Å². The van der Waals surface area contributed by atoms with Crippen molar-refractivity contribution in [1.82, 2.24) is 15.1 Å². The van der Waals surface area contributed by atoms with E-state index < -0.39 is 0 Å². The van der Waals surface area contributed by atoms with Crippen LogP contribution >= 0.6 is 0 Å². The summed E-state index contributed by atoms with van der Waals surface area (Å²) in [7, 11) is 0. The van der Waals surface area contributed by atoms with Gasteiger partial charge in [0, 0.05) is 29.1 Å². The highest BCUT2D eigenvalue weighted by molar-refractivity contribution is 6.00. The molecule has 0 aliphatic carbocycles. The summed E-state index contributed by atoms with van der Waals surface area (Å²) >= 11 is 0. The van der Waals surface area contributed by atoms with Gasteiger partial charge in [0.15, 0.2) is 0 Å². The van der Waals surface area contributed by atoms with Crippen LogP contribution in [0.15, 0.2) is 65.4 Å². The van der Waals surface area contributed by atoms with Gasteiger partial charge < -0.3 is 19.8 Å². The molecular formula is C27H27N5O3. The van der Waals surface area contributed by atoms with E-state index in [9.17, 15) is 5.26 Å². The Morgan fingerprint density at radius 2 is 1.91 bits per heavy atom. The van der Waals surface area contributed by atoms with Crippen LogP contribution in [0, 0.1) is 30.6 Å². The Morgan fingerprint density at radius 3 is 2.57 bits per heavy atom. The average molecular weight is 470 g/mol. The van der Waals surface area contributed by atoms with Crippen molar-refractivity contribution in [2.24, 2.45) is 0 Å². The third-order valence-electron chi connectivity index (χ3n) is 5.03. The maximum Gasteiger partial charge on any atom is 0.258 e. The number of hydrogen-bond acceptors (Lipinski definition) is 8. The largest absolute Gasteiger partial charge is 0.490 e. The Bertz CT molecular complexity index is 1350. The molecule has 0 bridgehead atoms. The molecule has 2 N–H and O–H groups in total. The summed E-state index contributed by atoms with van der Waals surface area (Å²) in [5, 5.41) is 29.4. The number of pyridine rings is 1. The molecular weight excluding hydrogens is 442 g/mol. The van der Waals surface area contributed by atoms with E-state index in [0.29, 0.717) is 28.6 Å². The lowest BCUT2D eigenvalue weighted by atomic mass is 10.1. The topological polar surface area (TPSA) is 129 Å². The first-order valence-corrected chi connectivity index (χ1v) is 11.0. The normalized spacial score (nSPS) is 10.3. The maximum atomic E-state index is 9.33. The zero-order chi connectivity index (χ0) is 25.4. The van der Waals surface area contributed by atoms with Crippen LogP contribution in [0.25, 0.3) is 22.8 Å². The molecule has 0 atom stereocenters. The molecule has 0 aliphatic rings. The third-order valence-corrected chi connectivity index (χ3v) is 5.03. The molecule has 0 amide bonds. The van der Waals surface area contributed by atoms with Crippen molar-refractivity contribution >= 4 is 5.71 Å². The molecule has 0 spiro atoms. The molecule has 8 heteroatoms. The fourth-order valence-corrected chi connectivity index (χ4v) is 3.28. The number of nitrogens with one attached hydrogen (secondary N) is 1. The predicted molar refractivity (Wildman–Crippen MR) is 133 cm³/mol. The summed E-state index contributed by atoms with van der Waals surface area (Å²) in [5.74, 6) is 1.46. The van der Waals surface area contributed by atoms with Crippen molar-refractivity contribution in [3.8, 4) is 34.7 Å². The van der Waals surface area contributed by atoms with Crippen molar-refractivity contribution in [3.63, 3.8) is 0 Å². The number of aliphatic hydroxyl groups is 1. The van der Waals surface area contributed by atoms with Crippen LogP contribution in [0.4, 0.5) is 0 Å². The number of nitrogens with zero attached hydrogens (tertiary/aromatic N) is 4. The van der Waals surface area contributed by atoms with Crippen LogP contribution in [0.3, 0.4) is 0 Å². The highest BCUT2D eigenvalue weighted by atomic mass is 16.5. The zero-order valence-electron chi connectivity index (χ0n) is 20.1. The Kier molecular flexibility index (Phi) is 8.43. The van der Waals surface area contributed by atoms with Crippen molar-refractivity contribution < 1.29 is 14.4 Å². The highest BCUT2D eigenvalue weighted by Crippen LogP contribution is 2.28. The van der Waals surface area contributed by atoms with Gasteiger partial charge in [-0.2, -0.15) is 10.2 Å². The number of benzene rings is 2. The van der Waals surface area contributed by atoms with Crippen molar-refractivity contribution in [1.29, 1.82) is 10.7 Å². The van der Waals surface area contributed by atoms with Gasteiger partial charge in [0.05, 0.1) is 24.0 Å². The standard InChI is InChI=1S/C19H17N3O2.C8H10N2O/c1-12(2)23-17-9-8-14(10-15(17)11-20)19-21-18(22-24-19)16-7-5-4-6-13(16)3;1-6-4-10-3-2-7(6)8(9)5-11/h4-10,12H,1-3H3;2-4,9,11H,5H2,1H3. The van der Waals surface area contributed by atoms with E-state index in [1.54, 1.807) is 30.6 Å². The summed E-state index contributed by atoms with van der Waals surface area (Å²) in [5.41, 5.74) is 5.06. The molecule has 0 fully saturated rings. The predicted octanol–water partition coefficient (Wildman–Crippen LogP) is 5.12. The molecule has 4 aromatic rings. The number of ether oxygens (including phenoxy) is 1. The van der Waals surface area contributed by atoms with Gasteiger partial charge in [-0.25, -0.2) is 0 Å². The van der Waals surface area contributed by atoms with E-state index in [-0.39, 0.29) is 18.4 Å². The molecule has 8 nitrogen and oxygen atoms in total. The zero-order valence-corrected chi connectivity index (χ0v) is 20.1. The van der Waals surface area contributed by atoms with Gasteiger partial charge >= 0.3 is 0 Å². The van der Waals surface area contributed by atoms with Gasteiger partial charge in [-0.15, -0.1) is 0 Å². The van der Waals surface area contributed by atoms with Crippen LogP contribution in [0.2, 0.25) is 0 Å². The number of hydrogen-bond donors (Lipinski definition) is 2. The third kappa shape index (κ3) is 6.37. The van der Waals surface area contributed by atoms with E-state index in [1.807, 2.05) is 58.0 Å². The lowest BCUT2D eigenvalue weighted by molar-refractivity contribution is 0.241. The van der Waals surface area contributed by atoms with Gasteiger partial charge in [0.2, 0.25) is 5.82 Å². The number of aliphatic hydroxyl groups excluding tert-OH is 1. The van der Waals surface area contributed by atoms with E-state index in [4.69, 9.17) is 19.8 Å². The molecule has 0 unspecified atom stereocenters. The monoisotopic (exact) mass is 469 g/mol. The van der Waals surface area contributed by atoms with Gasteiger partial charge in [-0.1, -0.05) is 29.4 Å². The fourth-order valence-electron chi connectivity index (χ4n) is 3.28. The molecule has 2 aromatic heterocycles. The van der Waals surface area contributed by atoms with Crippen LogP contribution in [0.1, 0.15) is 36.1 Å². The number of aromatic nitrogens is 3. The second-order valence-electron chi connectivity index (χ2n) is 8.05. The maximum absolute atomic E-state index is 9.33. The molecule has 0 saturated carbocycles. The second kappa shape index (κ2) is 11.7. The van der Waals surface area contributed by atoms with E-state index in [2.05, 4.69) is 21.2 Å². The Morgan fingerprint density at radius 1 is 1.14 bits per heavy atom. The lowest BCUT2D eigenvalue weighted by Crippen LogP contribution is -2.06. The second-order valence-corrected chi connectivity index (χ2v) is 8.05. The van der Waals surface area contributed by atoms with Crippen LogP contribution in [-0.2, 0) is 0 Å². The summed E-state index contributed by atoms with van der Waals surface area (Å²) in [6, 6.07) is 17.0. The smallest absolute Gasteiger partial charge is 0.258 e. The van der Waals surface area contributed by atoms with Crippen LogP contribution in [0.5, 0.6) is 5.75 Å².